The molecule has 33 heavy (non-hydrogen) atoms. The van der Waals surface area contributed by atoms with Gasteiger partial charge in [0.25, 0.3) is 0 Å². The van der Waals surface area contributed by atoms with E-state index in [0.29, 0.717) is 10.2 Å². The highest BCUT2D eigenvalue weighted by molar-refractivity contribution is 9.10. The normalized spacial score (nSPS) is 12.7. The molecule has 0 heterocycles. The zero-order valence-corrected chi connectivity index (χ0v) is 22.3. The third-order valence-electron chi connectivity index (χ3n) is 5.07. The average molecular weight is 539 g/mol. The summed E-state index contributed by atoms with van der Waals surface area (Å²) in [5.41, 5.74) is 1.74. The molecule has 0 saturated carbocycles. The van der Waals surface area contributed by atoms with Gasteiger partial charge in [-0.25, -0.2) is 8.42 Å². The predicted octanol–water partition coefficient (Wildman–Crippen LogP) is 3.86. The quantitative estimate of drug-likeness (QED) is 0.553. The van der Waals surface area contributed by atoms with Crippen LogP contribution < -0.4 is 9.62 Å². The molecule has 0 spiro atoms. The van der Waals surface area contributed by atoms with Crippen LogP contribution in [0.4, 0.5) is 5.69 Å². The summed E-state index contributed by atoms with van der Waals surface area (Å²) in [6.07, 6.45) is 1.06. The first-order valence-electron chi connectivity index (χ1n) is 10.6. The van der Waals surface area contributed by atoms with Crippen LogP contribution in [0.5, 0.6) is 0 Å². The molecule has 7 nitrogen and oxygen atoms in total. The Kier molecular flexibility index (Phi) is 8.70. The van der Waals surface area contributed by atoms with Crippen molar-refractivity contribution in [2.45, 2.75) is 52.7 Å². The molecular formula is C24H32BrN3O4S. The minimum atomic E-state index is -3.77. The summed E-state index contributed by atoms with van der Waals surface area (Å²) >= 11 is 3.37. The maximum Gasteiger partial charge on any atom is 0.244 e. The second kappa shape index (κ2) is 10.7. The van der Waals surface area contributed by atoms with Crippen molar-refractivity contribution in [3.8, 4) is 0 Å². The molecule has 0 saturated heterocycles. The number of aryl methyl sites for hydroxylation is 1. The van der Waals surface area contributed by atoms with Crippen molar-refractivity contribution in [3.05, 3.63) is 64.1 Å². The number of para-hydroxylation sites is 1. The van der Waals surface area contributed by atoms with Crippen molar-refractivity contribution in [2.24, 2.45) is 0 Å². The Bertz CT molecular complexity index is 1110. The minimum Gasteiger partial charge on any atom is -0.350 e. The molecule has 1 N–H and O–H groups in total. The van der Waals surface area contributed by atoms with E-state index in [0.717, 1.165) is 21.7 Å². The molecule has 0 fully saturated rings. The van der Waals surface area contributed by atoms with Crippen LogP contribution in [0.15, 0.2) is 53.0 Å². The lowest BCUT2D eigenvalue weighted by molar-refractivity contribution is -0.140. The molecule has 2 aromatic rings. The number of hydrogen-bond acceptors (Lipinski definition) is 4. The van der Waals surface area contributed by atoms with Gasteiger partial charge >= 0.3 is 0 Å². The lowest BCUT2D eigenvalue weighted by Crippen LogP contribution is -2.54. The van der Waals surface area contributed by atoms with Crippen LogP contribution in [0.25, 0.3) is 0 Å². The first kappa shape index (κ1) is 26.9. The van der Waals surface area contributed by atoms with E-state index in [2.05, 4.69) is 21.2 Å². The number of benzene rings is 2. The van der Waals surface area contributed by atoms with Crippen LogP contribution in [0.3, 0.4) is 0 Å². The van der Waals surface area contributed by atoms with Gasteiger partial charge in [-0.3, -0.25) is 13.9 Å². The summed E-state index contributed by atoms with van der Waals surface area (Å²) < 4.78 is 26.8. The Labute approximate surface area is 205 Å². The van der Waals surface area contributed by atoms with Gasteiger partial charge < -0.3 is 10.2 Å². The van der Waals surface area contributed by atoms with E-state index in [-0.39, 0.29) is 12.5 Å². The number of halogens is 1. The molecule has 0 bridgehead atoms. The lowest BCUT2D eigenvalue weighted by Gasteiger charge is -2.33. The zero-order valence-electron chi connectivity index (χ0n) is 19.9. The number of sulfonamides is 1. The first-order chi connectivity index (χ1) is 15.2. The number of nitrogens with zero attached hydrogens (tertiary/aromatic N) is 2. The van der Waals surface area contributed by atoms with Crippen LogP contribution in [0.1, 0.15) is 38.8 Å². The number of nitrogens with one attached hydrogen (secondary N) is 1. The lowest BCUT2D eigenvalue weighted by atomic mass is 10.1. The topological polar surface area (TPSA) is 86.8 Å². The first-order valence-corrected chi connectivity index (χ1v) is 13.2. The minimum absolute atomic E-state index is 0.178. The molecule has 9 heteroatoms. The van der Waals surface area contributed by atoms with Crippen LogP contribution in [0.2, 0.25) is 0 Å². The van der Waals surface area contributed by atoms with Gasteiger partial charge in [0.15, 0.2) is 0 Å². The summed E-state index contributed by atoms with van der Waals surface area (Å²) in [5, 5.41) is 2.91. The molecular weight excluding hydrogens is 506 g/mol. The number of anilines is 1. The summed E-state index contributed by atoms with van der Waals surface area (Å²) in [6.45, 7) is 8.93. The maximum absolute atomic E-state index is 13.5. The van der Waals surface area contributed by atoms with E-state index in [9.17, 15) is 18.0 Å². The van der Waals surface area contributed by atoms with Gasteiger partial charge in [-0.2, -0.15) is 0 Å². The molecule has 180 valence electrons. The standard InChI is InChI=1S/C24H32BrN3O4S/c1-17-11-7-8-12-19(17)15-27(18(2)23(30)26-24(3,4)5)22(29)16-28(33(6,31)32)21-14-10-9-13-20(21)25/h7-14,18H,15-16H2,1-6H3,(H,26,30)/t18-/m0/s1. The van der Waals surface area contributed by atoms with Gasteiger partial charge in [-0.05, 0) is 73.8 Å². The van der Waals surface area contributed by atoms with Gasteiger partial charge in [-0.1, -0.05) is 36.4 Å². The maximum atomic E-state index is 13.5. The molecule has 0 aliphatic carbocycles. The van der Waals surface area contributed by atoms with Crippen molar-refractivity contribution in [1.29, 1.82) is 0 Å². The van der Waals surface area contributed by atoms with E-state index in [1.54, 1.807) is 31.2 Å². The van der Waals surface area contributed by atoms with E-state index >= 15 is 0 Å². The summed E-state index contributed by atoms with van der Waals surface area (Å²) in [7, 11) is -3.77. The van der Waals surface area contributed by atoms with Crippen molar-refractivity contribution >= 4 is 43.5 Å². The SMILES string of the molecule is Cc1ccccc1CN(C(=O)CN(c1ccccc1Br)S(C)(=O)=O)[C@@H](C)C(=O)NC(C)(C)C. The smallest absolute Gasteiger partial charge is 0.244 e. The van der Waals surface area contributed by atoms with Crippen molar-refractivity contribution in [1.82, 2.24) is 10.2 Å². The fraction of sp³-hybridized carbons (Fsp3) is 0.417. The fourth-order valence-corrected chi connectivity index (χ4v) is 4.75. The second-order valence-corrected chi connectivity index (χ2v) is 11.8. The molecule has 2 rings (SSSR count). The Morgan fingerprint density at radius 3 is 2.18 bits per heavy atom. The number of hydrogen-bond donors (Lipinski definition) is 1. The third kappa shape index (κ3) is 7.57. The number of carbonyl (C=O) groups is 2. The molecule has 2 aromatic carbocycles. The van der Waals surface area contributed by atoms with Gasteiger partial charge in [0.1, 0.15) is 12.6 Å². The summed E-state index contributed by atoms with van der Waals surface area (Å²) in [5.74, 6) is -0.785. The molecule has 1 atom stereocenters. The highest BCUT2D eigenvalue weighted by Gasteiger charge is 2.32. The highest BCUT2D eigenvalue weighted by Crippen LogP contribution is 2.28. The van der Waals surface area contributed by atoms with E-state index in [4.69, 9.17) is 0 Å². The molecule has 0 unspecified atom stereocenters. The summed E-state index contributed by atoms with van der Waals surface area (Å²) in [6, 6.07) is 13.6. The van der Waals surface area contributed by atoms with Gasteiger partial charge in [-0.15, -0.1) is 0 Å². The van der Waals surface area contributed by atoms with Crippen LogP contribution in [-0.4, -0.2) is 49.5 Å². The molecule has 0 aliphatic heterocycles. The van der Waals surface area contributed by atoms with E-state index in [1.165, 1.54) is 4.90 Å². The largest absolute Gasteiger partial charge is 0.350 e. The van der Waals surface area contributed by atoms with Gasteiger partial charge in [0.05, 0.1) is 11.9 Å². The highest BCUT2D eigenvalue weighted by atomic mass is 79.9. The Balaban J connectivity index is 2.43. The number of carbonyl (C=O) groups excluding carboxylic acids is 2. The number of amides is 2. The second-order valence-electron chi connectivity index (χ2n) is 9.08. The van der Waals surface area contributed by atoms with Crippen molar-refractivity contribution < 1.29 is 18.0 Å². The van der Waals surface area contributed by atoms with E-state index in [1.807, 2.05) is 52.0 Å². The fourth-order valence-electron chi connectivity index (χ4n) is 3.28. The molecule has 0 aromatic heterocycles. The Hall–Kier alpha value is -2.39. The van der Waals surface area contributed by atoms with Gasteiger partial charge in [0.2, 0.25) is 21.8 Å². The predicted molar refractivity (Wildman–Crippen MR) is 135 cm³/mol. The Morgan fingerprint density at radius 2 is 1.64 bits per heavy atom. The summed E-state index contributed by atoms with van der Waals surface area (Å²) in [4.78, 5) is 27.9. The van der Waals surface area contributed by atoms with Crippen LogP contribution >= 0.6 is 15.9 Å². The third-order valence-corrected chi connectivity index (χ3v) is 6.86. The zero-order chi connectivity index (χ0) is 25.0. The number of rotatable bonds is 8. The molecule has 2 amide bonds. The molecule has 0 aliphatic rings. The Morgan fingerprint density at radius 1 is 1.06 bits per heavy atom. The molecule has 0 radical (unpaired) electrons. The monoisotopic (exact) mass is 537 g/mol. The van der Waals surface area contributed by atoms with E-state index < -0.39 is 34.1 Å². The average Bonchev–Trinajstić information content (AvgIpc) is 2.69. The van der Waals surface area contributed by atoms with Crippen LogP contribution in [-0.2, 0) is 26.2 Å². The van der Waals surface area contributed by atoms with Crippen LogP contribution in [0, 0.1) is 6.92 Å². The van der Waals surface area contributed by atoms with Gasteiger partial charge in [0, 0.05) is 16.6 Å². The van der Waals surface area contributed by atoms with Crippen molar-refractivity contribution in [3.63, 3.8) is 0 Å². The van der Waals surface area contributed by atoms with Crippen molar-refractivity contribution in [2.75, 3.05) is 17.1 Å².